The van der Waals surface area contributed by atoms with Gasteiger partial charge in [0, 0.05) is 25.7 Å². The first-order chi connectivity index (χ1) is 8.28. The van der Waals surface area contributed by atoms with Crippen LogP contribution in [0.1, 0.15) is 34.6 Å². The summed E-state index contributed by atoms with van der Waals surface area (Å²) in [6.45, 7) is 12.6. The largest absolute Gasteiger partial charge is 0.444 e. The van der Waals surface area contributed by atoms with Gasteiger partial charge in [0.05, 0.1) is 12.7 Å². The molecule has 0 unspecified atom stereocenters. The number of carbonyl (C=O) groups excluding carboxylic acids is 1. The van der Waals surface area contributed by atoms with Gasteiger partial charge in [0.2, 0.25) is 0 Å². The van der Waals surface area contributed by atoms with Gasteiger partial charge >= 0.3 is 6.09 Å². The first kappa shape index (κ1) is 15.2. The molecule has 0 radical (unpaired) electrons. The second-order valence-corrected chi connectivity index (χ2v) is 5.96. The lowest BCUT2D eigenvalue weighted by Gasteiger charge is -2.40. The number of nitrogens with zero attached hydrogens (tertiary/aromatic N) is 1. The summed E-state index contributed by atoms with van der Waals surface area (Å²) in [7, 11) is 0. The van der Waals surface area contributed by atoms with E-state index in [4.69, 9.17) is 9.47 Å². The molecular formula is C13H26N2O3. The first-order valence-corrected chi connectivity index (χ1v) is 6.61. The Hall–Kier alpha value is -0.810. The van der Waals surface area contributed by atoms with Gasteiger partial charge < -0.3 is 19.7 Å². The number of likely N-dealkylation sites (tertiary alicyclic amines) is 1. The number of rotatable bonds is 5. The van der Waals surface area contributed by atoms with Crippen molar-refractivity contribution in [1.29, 1.82) is 0 Å². The lowest BCUT2D eigenvalue weighted by Crippen LogP contribution is -2.60. The van der Waals surface area contributed by atoms with E-state index in [2.05, 4.69) is 5.32 Å². The molecule has 5 nitrogen and oxygen atoms in total. The molecule has 1 saturated heterocycles. The second kappa shape index (κ2) is 6.38. The standard InChI is InChI=1S/C13H26N2O3/c1-10(2)17-7-6-14-11-8-15(9-11)12(16)18-13(3,4)5/h10-11,14H,6-9H2,1-5H3. The van der Waals surface area contributed by atoms with Crippen molar-refractivity contribution in [2.45, 2.75) is 52.4 Å². The summed E-state index contributed by atoms with van der Waals surface area (Å²) >= 11 is 0. The van der Waals surface area contributed by atoms with Crippen LogP contribution in [0.3, 0.4) is 0 Å². The highest BCUT2D eigenvalue weighted by Gasteiger charge is 2.33. The molecule has 1 aliphatic rings. The minimum Gasteiger partial charge on any atom is -0.444 e. The van der Waals surface area contributed by atoms with Crippen molar-refractivity contribution < 1.29 is 14.3 Å². The molecular weight excluding hydrogens is 232 g/mol. The average Bonchev–Trinajstić information content (AvgIpc) is 2.10. The quantitative estimate of drug-likeness (QED) is 0.761. The fourth-order valence-electron chi connectivity index (χ4n) is 1.64. The Kier molecular flexibility index (Phi) is 5.41. The zero-order chi connectivity index (χ0) is 13.8. The topological polar surface area (TPSA) is 50.8 Å². The predicted octanol–water partition coefficient (Wildman–Crippen LogP) is 1.62. The van der Waals surface area contributed by atoms with E-state index in [9.17, 15) is 4.79 Å². The monoisotopic (exact) mass is 258 g/mol. The van der Waals surface area contributed by atoms with E-state index < -0.39 is 5.60 Å². The lowest BCUT2D eigenvalue weighted by molar-refractivity contribution is 0.00399. The first-order valence-electron chi connectivity index (χ1n) is 6.61. The van der Waals surface area contributed by atoms with Gasteiger partial charge in [0.1, 0.15) is 5.60 Å². The van der Waals surface area contributed by atoms with Crippen LogP contribution in [-0.2, 0) is 9.47 Å². The number of hydrogen-bond donors (Lipinski definition) is 1. The number of hydrogen-bond acceptors (Lipinski definition) is 4. The number of carbonyl (C=O) groups is 1. The third kappa shape index (κ3) is 5.69. The number of ether oxygens (including phenoxy) is 2. The summed E-state index contributed by atoms with van der Waals surface area (Å²) < 4.78 is 10.7. The SMILES string of the molecule is CC(C)OCCNC1CN(C(=O)OC(C)(C)C)C1. The van der Waals surface area contributed by atoms with E-state index in [1.54, 1.807) is 4.90 Å². The van der Waals surface area contributed by atoms with Crippen molar-refractivity contribution in [2.75, 3.05) is 26.2 Å². The van der Waals surface area contributed by atoms with E-state index >= 15 is 0 Å². The summed E-state index contributed by atoms with van der Waals surface area (Å²) in [5.41, 5.74) is -0.416. The van der Waals surface area contributed by atoms with Crippen LogP contribution >= 0.6 is 0 Å². The summed E-state index contributed by atoms with van der Waals surface area (Å²) in [4.78, 5) is 13.4. The van der Waals surface area contributed by atoms with Gasteiger partial charge in [-0.15, -0.1) is 0 Å². The molecule has 5 heteroatoms. The molecule has 0 bridgehead atoms. The molecule has 0 aromatic carbocycles. The molecule has 106 valence electrons. The minimum absolute atomic E-state index is 0.223. The Morgan fingerprint density at radius 2 is 2.00 bits per heavy atom. The molecule has 0 aliphatic carbocycles. The van der Waals surface area contributed by atoms with Crippen molar-refractivity contribution >= 4 is 6.09 Å². The molecule has 0 saturated carbocycles. The highest BCUT2D eigenvalue weighted by Crippen LogP contribution is 2.14. The number of amides is 1. The second-order valence-electron chi connectivity index (χ2n) is 5.96. The highest BCUT2D eigenvalue weighted by molar-refractivity contribution is 5.69. The van der Waals surface area contributed by atoms with E-state index in [-0.39, 0.29) is 12.2 Å². The third-order valence-corrected chi connectivity index (χ3v) is 2.52. The van der Waals surface area contributed by atoms with Gasteiger partial charge in [0.15, 0.2) is 0 Å². The maximum atomic E-state index is 11.7. The summed E-state index contributed by atoms with van der Waals surface area (Å²) in [6.07, 6.45) is 0.0467. The molecule has 1 amide bonds. The normalized spacial score (nSPS) is 16.9. The van der Waals surface area contributed by atoms with Crippen LogP contribution in [0.15, 0.2) is 0 Å². The van der Waals surface area contributed by atoms with Crippen molar-refractivity contribution in [3.05, 3.63) is 0 Å². The van der Waals surface area contributed by atoms with Crippen molar-refractivity contribution in [2.24, 2.45) is 0 Å². The van der Waals surface area contributed by atoms with Crippen LogP contribution in [0.2, 0.25) is 0 Å². The molecule has 1 fully saturated rings. The van der Waals surface area contributed by atoms with Crippen LogP contribution in [-0.4, -0.2) is 55.0 Å². The molecule has 0 spiro atoms. The molecule has 0 aromatic rings. The van der Waals surface area contributed by atoms with Crippen LogP contribution in [0.25, 0.3) is 0 Å². The number of nitrogens with one attached hydrogen (secondary N) is 1. The Morgan fingerprint density at radius 1 is 1.39 bits per heavy atom. The maximum Gasteiger partial charge on any atom is 0.410 e. The lowest BCUT2D eigenvalue weighted by atomic mass is 10.1. The van der Waals surface area contributed by atoms with E-state index in [0.29, 0.717) is 12.6 Å². The van der Waals surface area contributed by atoms with Gasteiger partial charge in [-0.1, -0.05) is 0 Å². The third-order valence-electron chi connectivity index (χ3n) is 2.52. The zero-order valence-electron chi connectivity index (χ0n) is 12.2. The van der Waals surface area contributed by atoms with Gasteiger partial charge in [-0.2, -0.15) is 0 Å². The summed E-state index contributed by atoms with van der Waals surface area (Å²) in [6, 6.07) is 0.369. The molecule has 1 N–H and O–H groups in total. The Morgan fingerprint density at radius 3 is 2.50 bits per heavy atom. The molecule has 0 aromatic heterocycles. The van der Waals surface area contributed by atoms with Gasteiger partial charge in [-0.3, -0.25) is 0 Å². The van der Waals surface area contributed by atoms with Crippen LogP contribution in [0, 0.1) is 0 Å². The van der Waals surface area contributed by atoms with Crippen molar-refractivity contribution in [1.82, 2.24) is 10.2 Å². The van der Waals surface area contributed by atoms with Crippen molar-refractivity contribution in [3.63, 3.8) is 0 Å². The molecule has 1 heterocycles. The summed E-state index contributed by atoms with van der Waals surface area (Å²) in [5, 5.41) is 3.35. The van der Waals surface area contributed by atoms with E-state index in [0.717, 1.165) is 19.6 Å². The Bertz CT molecular complexity index is 268. The van der Waals surface area contributed by atoms with E-state index in [1.807, 2.05) is 34.6 Å². The van der Waals surface area contributed by atoms with E-state index in [1.165, 1.54) is 0 Å². The minimum atomic E-state index is -0.416. The summed E-state index contributed by atoms with van der Waals surface area (Å²) in [5.74, 6) is 0. The van der Waals surface area contributed by atoms with Crippen molar-refractivity contribution in [3.8, 4) is 0 Å². The Labute approximate surface area is 110 Å². The fourth-order valence-corrected chi connectivity index (χ4v) is 1.64. The zero-order valence-corrected chi connectivity index (χ0v) is 12.2. The molecule has 18 heavy (non-hydrogen) atoms. The highest BCUT2D eigenvalue weighted by atomic mass is 16.6. The van der Waals surface area contributed by atoms with Crippen LogP contribution < -0.4 is 5.32 Å². The molecule has 0 atom stereocenters. The van der Waals surface area contributed by atoms with Gasteiger partial charge in [0.25, 0.3) is 0 Å². The van der Waals surface area contributed by atoms with Crippen LogP contribution in [0.5, 0.6) is 0 Å². The van der Waals surface area contributed by atoms with Gasteiger partial charge in [-0.25, -0.2) is 4.79 Å². The Balaban J connectivity index is 2.07. The smallest absolute Gasteiger partial charge is 0.410 e. The molecule has 1 aliphatic heterocycles. The maximum absolute atomic E-state index is 11.7. The predicted molar refractivity (Wildman–Crippen MR) is 70.7 cm³/mol. The molecule has 1 rings (SSSR count). The average molecular weight is 258 g/mol. The van der Waals surface area contributed by atoms with Crippen LogP contribution in [0.4, 0.5) is 4.79 Å². The van der Waals surface area contributed by atoms with Gasteiger partial charge in [-0.05, 0) is 34.6 Å². The fraction of sp³-hybridized carbons (Fsp3) is 0.923.